The van der Waals surface area contributed by atoms with E-state index in [4.69, 9.17) is 0 Å². The van der Waals surface area contributed by atoms with Crippen LogP contribution in [0.3, 0.4) is 0 Å². The second-order valence-electron chi connectivity index (χ2n) is 3.70. The van der Waals surface area contributed by atoms with Crippen LogP contribution in [0.25, 0.3) is 0 Å². The molecule has 2 nitrogen and oxygen atoms in total. The van der Waals surface area contributed by atoms with Crippen molar-refractivity contribution in [1.29, 1.82) is 0 Å². The summed E-state index contributed by atoms with van der Waals surface area (Å²) in [5, 5.41) is 0. The molecule has 0 aliphatic carbocycles. The van der Waals surface area contributed by atoms with E-state index in [2.05, 4.69) is 11.3 Å². The summed E-state index contributed by atoms with van der Waals surface area (Å²) >= 11 is 0. The van der Waals surface area contributed by atoms with Crippen LogP contribution in [0.2, 0.25) is 0 Å². The molecular weight excluding hydrogens is 349 g/mol. The van der Waals surface area contributed by atoms with Gasteiger partial charge in [0.25, 0.3) is 0 Å². The predicted octanol–water partition coefficient (Wildman–Crippen LogP) is 3.82. The van der Waals surface area contributed by atoms with E-state index >= 15 is 0 Å². The van der Waals surface area contributed by atoms with Gasteiger partial charge in [0.2, 0.25) is 0 Å². The average Bonchev–Trinajstić information content (AvgIpc) is 2.36. The van der Waals surface area contributed by atoms with Crippen LogP contribution < -0.4 is 0 Å². The fraction of sp³-hybridized carbons (Fsp3) is 0.667. The van der Waals surface area contributed by atoms with Gasteiger partial charge >= 0.3 is 35.8 Å². The Balaban J connectivity index is 5.95. The van der Waals surface area contributed by atoms with Crippen molar-refractivity contribution >= 4 is 5.97 Å². The highest BCUT2D eigenvalue weighted by Gasteiger charge is 2.87. The summed E-state index contributed by atoms with van der Waals surface area (Å²) in [5.74, 6) is -30.8. The lowest BCUT2D eigenvalue weighted by atomic mass is 9.98. The number of esters is 1. The van der Waals surface area contributed by atoms with E-state index in [9.17, 15) is 53.1 Å². The number of hydrogen-bond acceptors (Lipinski definition) is 2. The average molecular weight is 354 g/mol. The summed E-state index contributed by atoms with van der Waals surface area (Å²) in [6, 6.07) is 0. The van der Waals surface area contributed by atoms with Gasteiger partial charge in [0.1, 0.15) is 0 Å². The summed E-state index contributed by atoms with van der Waals surface area (Å²) in [7, 11) is 0. The van der Waals surface area contributed by atoms with Crippen LogP contribution in [0.15, 0.2) is 12.7 Å². The van der Waals surface area contributed by atoms with Gasteiger partial charge in [-0.15, -0.1) is 0 Å². The Bertz CT molecular complexity index is 443. The minimum absolute atomic E-state index is 0.212. The minimum atomic E-state index is -7.47. The zero-order chi connectivity index (χ0) is 18.2. The van der Waals surface area contributed by atoms with Gasteiger partial charge in [-0.3, -0.25) is 0 Å². The number of hydrogen-bond donors (Lipinski definition) is 0. The highest BCUT2D eigenvalue weighted by atomic mass is 19.4. The summed E-state index contributed by atoms with van der Waals surface area (Å²) in [6.07, 6.45) is -6.83. The zero-order valence-corrected chi connectivity index (χ0v) is 9.97. The smallest absolute Gasteiger partial charge is 0.393 e. The molecule has 13 heteroatoms. The molecule has 130 valence electrons. The highest BCUT2D eigenvalue weighted by molar-refractivity contribution is 5.81. The van der Waals surface area contributed by atoms with Crippen LogP contribution >= 0.6 is 0 Å². The lowest BCUT2D eigenvalue weighted by Crippen LogP contribution is -2.68. The maximum atomic E-state index is 12.9. The molecule has 0 N–H and O–H groups in total. The Morgan fingerprint density at radius 3 is 1.59 bits per heavy atom. The topological polar surface area (TPSA) is 26.3 Å². The number of ether oxygens (including phenoxy) is 1. The minimum Gasteiger partial charge on any atom is -0.393 e. The van der Waals surface area contributed by atoms with Gasteiger partial charge < -0.3 is 4.74 Å². The maximum Gasteiger partial charge on any atom is 0.473 e. The number of rotatable bonds is 7. The van der Waals surface area contributed by atoms with Crippen molar-refractivity contribution in [3.63, 3.8) is 0 Å². The molecule has 0 unspecified atom stereocenters. The summed E-state index contributed by atoms with van der Waals surface area (Å²) in [5.41, 5.74) is 0. The van der Waals surface area contributed by atoms with Crippen LogP contribution in [0.1, 0.15) is 0 Å². The van der Waals surface area contributed by atoms with Crippen molar-refractivity contribution in [2.75, 3.05) is 6.67 Å². The molecule has 0 heterocycles. The summed E-state index contributed by atoms with van der Waals surface area (Å²) < 4.78 is 141. The van der Waals surface area contributed by atoms with Crippen molar-refractivity contribution in [2.24, 2.45) is 0 Å². The number of carbonyl (C=O) groups excluding carboxylic acids is 1. The molecule has 0 saturated carbocycles. The third-order valence-electron chi connectivity index (χ3n) is 2.18. The van der Waals surface area contributed by atoms with E-state index < -0.39 is 42.4 Å². The molecule has 0 aromatic carbocycles. The number of alkyl halides is 11. The maximum absolute atomic E-state index is 12.9. The summed E-state index contributed by atoms with van der Waals surface area (Å²) in [4.78, 5) is 10.3. The Hall–Kier alpha value is -1.56. The van der Waals surface area contributed by atoms with Crippen molar-refractivity contribution in [3.05, 3.63) is 12.7 Å². The van der Waals surface area contributed by atoms with Crippen molar-refractivity contribution in [3.8, 4) is 0 Å². The van der Waals surface area contributed by atoms with E-state index in [1.54, 1.807) is 0 Å². The molecule has 22 heavy (non-hydrogen) atoms. The summed E-state index contributed by atoms with van der Waals surface area (Å²) in [6.45, 7) is -1.11. The normalized spacial score (nSPS) is 14.7. The van der Waals surface area contributed by atoms with Crippen LogP contribution in [0.5, 0.6) is 0 Å². The molecule has 0 saturated heterocycles. The second kappa shape index (κ2) is 5.57. The van der Waals surface area contributed by atoms with E-state index in [-0.39, 0.29) is 6.08 Å². The first-order valence-electron chi connectivity index (χ1n) is 4.82. The van der Waals surface area contributed by atoms with Gasteiger partial charge in [0.05, 0.1) is 0 Å². The molecule has 0 aliphatic rings. The predicted molar refractivity (Wildman–Crippen MR) is 47.0 cm³/mol. The third-order valence-corrected chi connectivity index (χ3v) is 2.18. The number of carbonyl (C=O) groups is 1. The van der Waals surface area contributed by atoms with Crippen molar-refractivity contribution < 1.29 is 57.8 Å². The Labute approximate surface area is 114 Å². The van der Waals surface area contributed by atoms with Crippen LogP contribution in [-0.4, -0.2) is 42.4 Å². The fourth-order valence-electron chi connectivity index (χ4n) is 0.926. The molecule has 0 amide bonds. The molecule has 0 bridgehead atoms. The first kappa shape index (κ1) is 20.4. The van der Waals surface area contributed by atoms with Crippen molar-refractivity contribution in [1.82, 2.24) is 0 Å². The first-order chi connectivity index (χ1) is 9.52. The Morgan fingerprint density at radius 2 is 1.27 bits per heavy atom. The Kier molecular flexibility index (Phi) is 5.18. The number of halogens is 11. The quantitative estimate of drug-likeness (QED) is 0.395. The monoisotopic (exact) mass is 354 g/mol. The lowest BCUT2D eigenvalue weighted by molar-refractivity contribution is -0.436. The third kappa shape index (κ3) is 2.84. The first-order valence-corrected chi connectivity index (χ1v) is 4.82. The molecule has 0 aromatic heterocycles. The van der Waals surface area contributed by atoms with E-state index in [1.807, 2.05) is 0 Å². The van der Waals surface area contributed by atoms with Gasteiger partial charge in [0.15, 0.2) is 6.67 Å². The van der Waals surface area contributed by atoms with E-state index in [1.165, 1.54) is 0 Å². The van der Waals surface area contributed by atoms with E-state index in [0.29, 0.717) is 0 Å². The molecule has 0 fully saturated rings. The van der Waals surface area contributed by atoms with Gasteiger partial charge in [-0.2, -0.15) is 43.9 Å². The standard InChI is InChI=1S/C9H5F11O2/c1-2-4(21)22-9(19,20)8(17,18)7(15,16)6(13,14)5(11,12)3-10/h2H,1,3H2. The zero-order valence-electron chi connectivity index (χ0n) is 9.97. The molecule has 0 rings (SSSR count). The van der Waals surface area contributed by atoms with Gasteiger partial charge in [-0.25, -0.2) is 9.18 Å². The Morgan fingerprint density at radius 1 is 0.864 bits per heavy atom. The van der Waals surface area contributed by atoms with Crippen LogP contribution in [0, 0.1) is 0 Å². The molecule has 0 aliphatic heterocycles. The van der Waals surface area contributed by atoms with E-state index in [0.717, 1.165) is 0 Å². The SMILES string of the molecule is C=CC(=O)OC(F)(F)C(F)(F)C(F)(F)C(F)(F)C(F)(F)CF. The molecular formula is C9H5F11O2. The molecule has 0 aromatic rings. The highest BCUT2D eigenvalue weighted by Crippen LogP contribution is 2.57. The van der Waals surface area contributed by atoms with Gasteiger partial charge in [0, 0.05) is 6.08 Å². The molecule has 0 spiro atoms. The van der Waals surface area contributed by atoms with Gasteiger partial charge in [-0.05, 0) is 0 Å². The second-order valence-corrected chi connectivity index (χ2v) is 3.70. The van der Waals surface area contributed by atoms with Crippen molar-refractivity contribution in [2.45, 2.75) is 29.8 Å². The largest absolute Gasteiger partial charge is 0.473 e. The van der Waals surface area contributed by atoms with Crippen LogP contribution in [-0.2, 0) is 9.53 Å². The molecule has 0 atom stereocenters. The molecule has 0 radical (unpaired) electrons. The van der Waals surface area contributed by atoms with Crippen LogP contribution in [0.4, 0.5) is 48.3 Å². The van der Waals surface area contributed by atoms with Gasteiger partial charge in [-0.1, -0.05) is 6.58 Å². The fourth-order valence-corrected chi connectivity index (χ4v) is 0.926. The lowest BCUT2D eigenvalue weighted by Gasteiger charge is -2.37.